The van der Waals surface area contributed by atoms with Crippen LogP contribution in [0.5, 0.6) is 0 Å². The van der Waals surface area contributed by atoms with E-state index in [-0.39, 0.29) is 23.8 Å². The Balaban J connectivity index is 1.81. The molecule has 2 unspecified atom stereocenters. The van der Waals surface area contributed by atoms with Crippen molar-refractivity contribution in [2.45, 2.75) is 18.9 Å². The molecule has 7 nitrogen and oxygen atoms in total. The van der Waals surface area contributed by atoms with Crippen molar-refractivity contribution in [3.05, 3.63) is 0 Å². The zero-order valence-corrected chi connectivity index (χ0v) is 12.7. The third kappa shape index (κ3) is 4.66. The molecule has 2 amide bonds. The molecule has 0 aromatic carbocycles. The predicted molar refractivity (Wildman–Crippen MR) is 78.6 cm³/mol. The molecule has 0 radical (unpaired) electrons. The van der Waals surface area contributed by atoms with E-state index >= 15 is 0 Å². The van der Waals surface area contributed by atoms with Gasteiger partial charge in [0.1, 0.15) is 0 Å². The molecule has 7 heteroatoms. The Labute approximate surface area is 125 Å². The number of amides is 2. The molecular weight excluding hydrogens is 272 g/mol. The van der Waals surface area contributed by atoms with Crippen LogP contribution in [0.15, 0.2) is 0 Å². The Bertz CT molecular complexity index is 375. The molecule has 21 heavy (non-hydrogen) atoms. The third-order valence-corrected chi connectivity index (χ3v) is 4.19. The fourth-order valence-electron chi connectivity index (χ4n) is 3.00. The second-order valence-electron chi connectivity index (χ2n) is 5.87. The van der Waals surface area contributed by atoms with Crippen LogP contribution in [-0.4, -0.2) is 80.6 Å². The number of primary amides is 1. The van der Waals surface area contributed by atoms with Gasteiger partial charge in [-0.3, -0.25) is 14.5 Å². The lowest BCUT2D eigenvalue weighted by atomic mass is 9.97. The fourth-order valence-corrected chi connectivity index (χ4v) is 3.00. The van der Waals surface area contributed by atoms with Crippen molar-refractivity contribution in [2.75, 3.05) is 52.9 Å². The first-order valence-corrected chi connectivity index (χ1v) is 7.65. The van der Waals surface area contributed by atoms with Gasteiger partial charge in [-0.05, 0) is 19.9 Å². The summed E-state index contributed by atoms with van der Waals surface area (Å²) < 4.78 is 5.63. The molecule has 0 aromatic heterocycles. The van der Waals surface area contributed by atoms with Gasteiger partial charge >= 0.3 is 0 Å². The maximum absolute atomic E-state index is 12.4. The van der Waals surface area contributed by atoms with E-state index in [1.165, 1.54) is 0 Å². The summed E-state index contributed by atoms with van der Waals surface area (Å²) in [5.74, 6) is -0.400. The summed E-state index contributed by atoms with van der Waals surface area (Å²) in [4.78, 5) is 27.6. The van der Waals surface area contributed by atoms with Gasteiger partial charge in [-0.1, -0.05) is 0 Å². The van der Waals surface area contributed by atoms with Crippen molar-refractivity contribution in [3.63, 3.8) is 0 Å². The molecule has 3 N–H and O–H groups in total. The van der Waals surface area contributed by atoms with Crippen molar-refractivity contribution in [2.24, 2.45) is 11.7 Å². The number of hydrogen-bond acceptors (Lipinski definition) is 5. The van der Waals surface area contributed by atoms with Gasteiger partial charge in [0.25, 0.3) is 0 Å². The van der Waals surface area contributed by atoms with Crippen molar-refractivity contribution < 1.29 is 14.3 Å². The monoisotopic (exact) mass is 298 g/mol. The van der Waals surface area contributed by atoms with Gasteiger partial charge in [0, 0.05) is 32.7 Å². The van der Waals surface area contributed by atoms with Crippen LogP contribution in [0.3, 0.4) is 0 Å². The smallest absolute Gasteiger partial charge is 0.236 e. The minimum atomic E-state index is -0.298. The van der Waals surface area contributed by atoms with Crippen molar-refractivity contribution >= 4 is 11.8 Å². The third-order valence-electron chi connectivity index (χ3n) is 4.19. The summed E-state index contributed by atoms with van der Waals surface area (Å²) in [6.07, 6.45) is 1.78. The second-order valence-corrected chi connectivity index (χ2v) is 5.87. The number of carbonyl (C=O) groups is 2. The highest BCUT2D eigenvalue weighted by molar-refractivity contribution is 5.81. The van der Waals surface area contributed by atoms with Crippen LogP contribution in [0, 0.1) is 5.92 Å². The molecular formula is C14H26N4O3. The second kappa shape index (κ2) is 7.72. The first kappa shape index (κ1) is 16.2. The van der Waals surface area contributed by atoms with Gasteiger partial charge in [-0.25, -0.2) is 0 Å². The summed E-state index contributed by atoms with van der Waals surface area (Å²) in [5, 5.41) is 3.09. The molecule has 0 bridgehead atoms. The van der Waals surface area contributed by atoms with Gasteiger partial charge < -0.3 is 20.7 Å². The van der Waals surface area contributed by atoms with E-state index in [4.69, 9.17) is 10.5 Å². The maximum atomic E-state index is 12.4. The number of ether oxygens (including phenoxy) is 1. The number of nitrogens with one attached hydrogen (secondary N) is 1. The fraction of sp³-hybridized carbons (Fsp3) is 0.857. The zero-order valence-electron chi connectivity index (χ0n) is 12.7. The first-order chi connectivity index (χ1) is 10.1. The SMILES string of the molecule is CNCC1CN(CC(=O)N2CCCC(C(N)=O)C2)CCO1. The summed E-state index contributed by atoms with van der Waals surface area (Å²) >= 11 is 0. The lowest BCUT2D eigenvalue weighted by Crippen LogP contribution is -2.52. The molecule has 2 saturated heterocycles. The summed E-state index contributed by atoms with van der Waals surface area (Å²) in [6.45, 7) is 4.58. The van der Waals surface area contributed by atoms with E-state index in [1.54, 1.807) is 4.90 Å². The Morgan fingerprint density at radius 2 is 2.14 bits per heavy atom. The molecule has 2 heterocycles. The van der Waals surface area contributed by atoms with Gasteiger partial charge in [0.2, 0.25) is 11.8 Å². The average Bonchev–Trinajstić information content (AvgIpc) is 2.48. The average molecular weight is 298 g/mol. The number of likely N-dealkylation sites (N-methyl/N-ethyl adjacent to an activating group) is 1. The van der Waals surface area contributed by atoms with E-state index in [0.29, 0.717) is 19.7 Å². The highest BCUT2D eigenvalue weighted by atomic mass is 16.5. The quantitative estimate of drug-likeness (QED) is 0.654. The van der Waals surface area contributed by atoms with Crippen molar-refractivity contribution in [3.8, 4) is 0 Å². The Kier molecular flexibility index (Phi) is 5.96. The minimum absolute atomic E-state index is 0.0889. The summed E-state index contributed by atoms with van der Waals surface area (Å²) in [5.41, 5.74) is 5.35. The van der Waals surface area contributed by atoms with Crippen LogP contribution >= 0.6 is 0 Å². The molecule has 0 aliphatic carbocycles. The molecule has 2 rings (SSSR count). The van der Waals surface area contributed by atoms with Crippen molar-refractivity contribution in [1.29, 1.82) is 0 Å². The van der Waals surface area contributed by atoms with E-state index < -0.39 is 0 Å². The molecule has 0 spiro atoms. The molecule has 2 atom stereocenters. The Hall–Kier alpha value is -1.18. The van der Waals surface area contributed by atoms with Crippen LogP contribution in [-0.2, 0) is 14.3 Å². The van der Waals surface area contributed by atoms with Crippen LogP contribution in [0.4, 0.5) is 0 Å². The van der Waals surface area contributed by atoms with Crippen LogP contribution in [0.25, 0.3) is 0 Å². The van der Waals surface area contributed by atoms with Crippen molar-refractivity contribution in [1.82, 2.24) is 15.1 Å². The van der Waals surface area contributed by atoms with Gasteiger partial charge in [-0.2, -0.15) is 0 Å². The number of rotatable bonds is 5. The number of nitrogens with two attached hydrogens (primary N) is 1. The minimum Gasteiger partial charge on any atom is -0.374 e. The van der Waals surface area contributed by atoms with Crippen LogP contribution < -0.4 is 11.1 Å². The Morgan fingerprint density at radius 3 is 2.86 bits per heavy atom. The van der Waals surface area contributed by atoms with Gasteiger partial charge in [0.05, 0.1) is 25.2 Å². The lowest BCUT2D eigenvalue weighted by molar-refractivity contribution is -0.137. The number of likely N-dealkylation sites (tertiary alicyclic amines) is 1. The van der Waals surface area contributed by atoms with Crippen LogP contribution in [0.2, 0.25) is 0 Å². The normalized spacial score (nSPS) is 27.6. The van der Waals surface area contributed by atoms with E-state index in [1.807, 2.05) is 7.05 Å². The maximum Gasteiger partial charge on any atom is 0.236 e. The number of nitrogens with zero attached hydrogens (tertiary/aromatic N) is 2. The Morgan fingerprint density at radius 1 is 1.33 bits per heavy atom. The first-order valence-electron chi connectivity index (χ1n) is 7.65. The van der Waals surface area contributed by atoms with Gasteiger partial charge in [-0.15, -0.1) is 0 Å². The van der Waals surface area contributed by atoms with Crippen LogP contribution in [0.1, 0.15) is 12.8 Å². The molecule has 0 saturated carbocycles. The number of carbonyl (C=O) groups excluding carboxylic acids is 2. The molecule has 120 valence electrons. The zero-order chi connectivity index (χ0) is 15.2. The van der Waals surface area contributed by atoms with Gasteiger partial charge in [0.15, 0.2) is 0 Å². The standard InChI is InChI=1S/C14H26N4O3/c1-16-7-12-9-17(5-6-21-12)10-13(19)18-4-2-3-11(8-18)14(15)20/h11-12,16H,2-10H2,1H3,(H2,15,20). The molecule has 2 fully saturated rings. The lowest BCUT2D eigenvalue weighted by Gasteiger charge is -2.36. The number of morpholine rings is 1. The van der Waals surface area contributed by atoms with E-state index in [9.17, 15) is 9.59 Å². The van der Waals surface area contributed by atoms with E-state index in [2.05, 4.69) is 10.2 Å². The largest absolute Gasteiger partial charge is 0.374 e. The molecule has 0 aromatic rings. The predicted octanol–water partition coefficient (Wildman–Crippen LogP) is -1.37. The summed E-state index contributed by atoms with van der Waals surface area (Å²) in [6, 6.07) is 0. The molecule has 2 aliphatic heterocycles. The number of hydrogen-bond donors (Lipinski definition) is 2. The molecule has 2 aliphatic rings. The topological polar surface area (TPSA) is 87.9 Å². The number of piperidine rings is 1. The highest BCUT2D eigenvalue weighted by Crippen LogP contribution is 2.16. The summed E-state index contributed by atoms with van der Waals surface area (Å²) in [7, 11) is 1.89. The van der Waals surface area contributed by atoms with E-state index in [0.717, 1.165) is 39.0 Å². The highest BCUT2D eigenvalue weighted by Gasteiger charge is 2.29.